The molecule has 0 heterocycles. The van der Waals surface area contributed by atoms with Crippen LogP contribution >= 0.6 is 0 Å². The molecule has 16 heavy (non-hydrogen) atoms. The van der Waals surface area contributed by atoms with Gasteiger partial charge in [-0.05, 0) is 18.9 Å². The molecule has 0 N–H and O–H groups in total. The molecule has 2 nitrogen and oxygen atoms in total. The van der Waals surface area contributed by atoms with Crippen molar-refractivity contribution in [2.45, 2.75) is 45.6 Å². The molecule has 1 aromatic rings. The molecule has 2 atom stereocenters. The highest BCUT2D eigenvalue weighted by molar-refractivity contribution is 5.69. The van der Waals surface area contributed by atoms with Crippen molar-refractivity contribution >= 4 is 5.97 Å². The Labute approximate surface area is 97.6 Å². The van der Waals surface area contributed by atoms with Crippen LogP contribution in [0.3, 0.4) is 0 Å². The molecule has 0 amide bonds. The first-order valence-corrected chi connectivity index (χ1v) is 5.93. The number of esters is 1. The second kappa shape index (κ2) is 6.31. The maximum Gasteiger partial charge on any atom is 0.305 e. The van der Waals surface area contributed by atoms with Crippen molar-refractivity contribution in [3.63, 3.8) is 0 Å². The molecule has 88 valence electrons. The summed E-state index contributed by atoms with van der Waals surface area (Å²) in [5.41, 5.74) is 1.24. The highest BCUT2D eigenvalue weighted by Gasteiger charge is 2.20. The van der Waals surface area contributed by atoms with E-state index in [0.29, 0.717) is 6.42 Å². The van der Waals surface area contributed by atoms with E-state index in [0.717, 1.165) is 6.42 Å². The summed E-state index contributed by atoms with van der Waals surface area (Å²) in [5.74, 6) is 0.165. The van der Waals surface area contributed by atoms with Gasteiger partial charge in [0.15, 0.2) is 0 Å². The largest absolute Gasteiger partial charge is 0.462 e. The highest BCUT2D eigenvalue weighted by Crippen LogP contribution is 2.25. The smallest absolute Gasteiger partial charge is 0.305 e. The van der Waals surface area contributed by atoms with Gasteiger partial charge in [-0.2, -0.15) is 0 Å². The average Bonchev–Trinajstić information content (AvgIpc) is 2.31. The van der Waals surface area contributed by atoms with E-state index in [1.165, 1.54) is 5.56 Å². The second-order valence-corrected chi connectivity index (χ2v) is 3.97. The molecule has 0 spiro atoms. The predicted molar refractivity (Wildman–Crippen MR) is 65.3 cm³/mol. The zero-order valence-corrected chi connectivity index (χ0v) is 10.3. The Kier molecular flexibility index (Phi) is 5.03. The number of hydrogen-bond acceptors (Lipinski definition) is 2. The van der Waals surface area contributed by atoms with Gasteiger partial charge in [-0.1, -0.05) is 44.2 Å². The second-order valence-electron chi connectivity index (χ2n) is 3.97. The van der Waals surface area contributed by atoms with Crippen LogP contribution in [-0.4, -0.2) is 12.1 Å². The minimum absolute atomic E-state index is 0.0557. The first-order valence-electron chi connectivity index (χ1n) is 5.93. The average molecular weight is 220 g/mol. The van der Waals surface area contributed by atoms with Gasteiger partial charge in [0.1, 0.15) is 6.10 Å². The maximum absolute atomic E-state index is 11.3. The topological polar surface area (TPSA) is 26.3 Å². The van der Waals surface area contributed by atoms with Crippen LogP contribution in [0.15, 0.2) is 30.3 Å². The number of benzene rings is 1. The number of rotatable bonds is 5. The lowest BCUT2D eigenvalue weighted by molar-refractivity contribution is -0.148. The Morgan fingerprint density at radius 1 is 1.25 bits per heavy atom. The van der Waals surface area contributed by atoms with Crippen LogP contribution in [0.1, 0.15) is 45.1 Å². The van der Waals surface area contributed by atoms with Crippen LogP contribution in [0.5, 0.6) is 0 Å². The third kappa shape index (κ3) is 3.37. The van der Waals surface area contributed by atoms with Gasteiger partial charge in [-0.25, -0.2) is 0 Å². The fourth-order valence-electron chi connectivity index (χ4n) is 1.91. The maximum atomic E-state index is 11.3. The van der Waals surface area contributed by atoms with Gasteiger partial charge in [0.05, 0.1) is 0 Å². The molecular weight excluding hydrogens is 200 g/mol. The van der Waals surface area contributed by atoms with Crippen LogP contribution < -0.4 is 0 Å². The number of carbonyl (C=O) groups is 1. The molecule has 0 fully saturated rings. The molecule has 0 aliphatic carbocycles. The summed E-state index contributed by atoms with van der Waals surface area (Å²) in [6.07, 6.45) is 1.36. The number of hydrogen-bond donors (Lipinski definition) is 0. The molecule has 2 heteroatoms. The fourth-order valence-corrected chi connectivity index (χ4v) is 1.91. The lowest BCUT2D eigenvalue weighted by atomic mass is 9.92. The van der Waals surface area contributed by atoms with Gasteiger partial charge in [-0.15, -0.1) is 0 Å². The summed E-state index contributed by atoms with van der Waals surface area (Å²) < 4.78 is 5.37. The quantitative estimate of drug-likeness (QED) is 0.710. The van der Waals surface area contributed by atoms with Crippen LogP contribution in [-0.2, 0) is 9.53 Å². The SMILES string of the molecule is CCC(=O)O[C@H](C)[C@H](CC)c1ccccc1. The molecule has 0 aliphatic heterocycles. The first-order chi connectivity index (χ1) is 7.69. The van der Waals surface area contributed by atoms with Crippen LogP contribution in [0.4, 0.5) is 0 Å². The van der Waals surface area contributed by atoms with Crippen molar-refractivity contribution < 1.29 is 9.53 Å². The van der Waals surface area contributed by atoms with E-state index >= 15 is 0 Å². The van der Waals surface area contributed by atoms with Crippen molar-refractivity contribution in [2.75, 3.05) is 0 Å². The van der Waals surface area contributed by atoms with Crippen LogP contribution in [0, 0.1) is 0 Å². The monoisotopic (exact) mass is 220 g/mol. The number of ether oxygens (including phenoxy) is 1. The molecule has 1 rings (SSSR count). The van der Waals surface area contributed by atoms with E-state index in [1.54, 1.807) is 0 Å². The van der Waals surface area contributed by atoms with Crippen molar-refractivity contribution in [3.05, 3.63) is 35.9 Å². The van der Waals surface area contributed by atoms with Gasteiger partial charge < -0.3 is 4.74 Å². The standard InChI is InChI=1S/C14H20O2/c1-4-13(11(3)16-14(15)5-2)12-9-7-6-8-10-12/h6-11,13H,4-5H2,1-3H3/t11-,13+/m1/s1. The highest BCUT2D eigenvalue weighted by atomic mass is 16.5. The van der Waals surface area contributed by atoms with Crippen molar-refractivity contribution in [2.24, 2.45) is 0 Å². The zero-order valence-electron chi connectivity index (χ0n) is 10.3. The molecule has 0 bridgehead atoms. The first kappa shape index (κ1) is 12.8. The third-order valence-electron chi connectivity index (χ3n) is 2.84. The van der Waals surface area contributed by atoms with Gasteiger partial charge in [0, 0.05) is 12.3 Å². The molecule has 0 aromatic heterocycles. The minimum Gasteiger partial charge on any atom is -0.462 e. The molecule has 0 saturated heterocycles. The summed E-state index contributed by atoms with van der Waals surface area (Å²) in [4.78, 5) is 11.3. The summed E-state index contributed by atoms with van der Waals surface area (Å²) in [5, 5.41) is 0. The Balaban J connectivity index is 2.71. The Hall–Kier alpha value is -1.31. The summed E-state index contributed by atoms with van der Waals surface area (Å²) in [6, 6.07) is 10.2. The van der Waals surface area contributed by atoms with Gasteiger partial charge in [-0.3, -0.25) is 4.79 Å². The van der Waals surface area contributed by atoms with Crippen LogP contribution in [0.2, 0.25) is 0 Å². The lowest BCUT2D eigenvalue weighted by Crippen LogP contribution is -2.21. The van der Waals surface area contributed by atoms with Gasteiger partial charge in [0.25, 0.3) is 0 Å². The van der Waals surface area contributed by atoms with E-state index in [2.05, 4.69) is 19.1 Å². The molecule has 0 aliphatic rings. The normalized spacial score (nSPS) is 14.2. The Bertz CT molecular complexity index is 319. The van der Waals surface area contributed by atoms with Crippen molar-refractivity contribution in [3.8, 4) is 0 Å². The fraction of sp³-hybridized carbons (Fsp3) is 0.500. The predicted octanol–water partition coefficient (Wildman–Crippen LogP) is 3.52. The van der Waals surface area contributed by atoms with Crippen molar-refractivity contribution in [1.29, 1.82) is 0 Å². The van der Waals surface area contributed by atoms with E-state index in [1.807, 2.05) is 32.0 Å². The third-order valence-corrected chi connectivity index (χ3v) is 2.84. The van der Waals surface area contributed by atoms with E-state index in [4.69, 9.17) is 4.74 Å². The number of carbonyl (C=O) groups excluding carboxylic acids is 1. The van der Waals surface area contributed by atoms with Crippen molar-refractivity contribution in [1.82, 2.24) is 0 Å². The summed E-state index contributed by atoms with van der Waals surface area (Å²) >= 11 is 0. The molecule has 0 saturated carbocycles. The summed E-state index contributed by atoms with van der Waals surface area (Å²) in [6.45, 7) is 5.90. The molecule has 1 aromatic carbocycles. The Morgan fingerprint density at radius 3 is 2.38 bits per heavy atom. The van der Waals surface area contributed by atoms with Crippen LogP contribution in [0.25, 0.3) is 0 Å². The van der Waals surface area contributed by atoms with Gasteiger partial charge in [0.2, 0.25) is 0 Å². The zero-order chi connectivity index (χ0) is 12.0. The minimum atomic E-state index is -0.123. The van der Waals surface area contributed by atoms with E-state index < -0.39 is 0 Å². The molecule has 0 radical (unpaired) electrons. The van der Waals surface area contributed by atoms with E-state index in [9.17, 15) is 4.79 Å². The van der Waals surface area contributed by atoms with Gasteiger partial charge >= 0.3 is 5.97 Å². The Morgan fingerprint density at radius 2 is 1.88 bits per heavy atom. The lowest BCUT2D eigenvalue weighted by Gasteiger charge is -2.23. The molecule has 0 unspecified atom stereocenters. The summed E-state index contributed by atoms with van der Waals surface area (Å²) in [7, 11) is 0. The van der Waals surface area contributed by atoms with E-state index in [-0.39, 0.29) is 18.0 Å². The molecular formula is C14H20O2.